The maximum Gasteiger partial charge on any atom is 0.333 e. The summed E-state index contributed by atoms with van der Waals surface area (Å²) in [5.41, 5.74) is -0.113. The average molecular weight is 265 g/mol. The summed E-state index contributed by atoms with van der Waals surface area (Å²) in [5.74, 6) is 0.0768. The second-order valence-corrected chi connectivity index (χ2v) is 4.92. The number of carbonyl (C=O) groups is 1. The molecule has 0 aliphatic rings. The molecule has 1 N–H and O–H groups in total. The summed E-state index contributed by atoms with van der Waals surface area (Å²) in [6.45, 7) is 5.00. The molecule has 1 unspecified atom stereocenters. The Morgan fingerprint density at radius 1 is 1.32 bits per heavy atom. The van der Waals surface area contributed by atoms with E-state index in [-0.39, 0.29) is 12.6 Å². The van der Waals surface area contributed by atoms with Gasteiger partial charge in [0.2, 0.25) is 0 Å². The van der Waals surface area contributed by atoms with Gasteiger partial charge < -0.3 is 9.47 Å². The number of carbonyl (C=O) groups excluding carboxylic acids is 1. The highest BCUT2D eigenvalue weighted by Gasteiger charge is 2.40. The molecule has 0 spiro atoms. The van der Waals surface area contributed by atoms with Crippen molar-refractivity contribution >= 4 is 5.97 Å². The molecule has 0 saturated heterocycles. The zero-order valence-electron chi connectivity index (χ0n) is 12.1. The van der Waals surface area contributed by atoms with E-state index in [2.05, 4.69) is 19.2 Å². The lowest BCUT2D eigenvalue weighted by Crippen LogP contribution is -2.52. The van der Waals surface area contributed by atoms with Crippen molar-refractivity contribution in [1.82, 2.24) is 5.32 Å². The number of hydrogen-bond donors (Lipinski definition) is 1. The molecular weight excluding hydrogens is 242 g/mol. The van der Waals surface area contributed by atoms with Crippen LogP contribution in [0.4, 0.5) is 0 Å². The molecule has 0 radical (unpaired) electrons. The minimum atomic E-state index is -0.953. The Morgan fingerprint density at radius 3 is 2.42 bits per heavy atom. The Kier molecular flexibility index (Phi) is 5.99. The van der Waals surface area contributed by atoms with Crippen LogP contribution in [0.1, 0.15) is 19.4 Å². The lowest BCUT2D eigenvalue weighted by Gasteiger charge is -2.31. The number of methoxy groups -OCH3 is 1. The highest BCUT2D eigenvalue weighted by Crippen LogP contribution is 2.23. The molecule has 0 aliphatic heterocycles. The molecule has 0 aliphatic carbocycles. The zero-order valence-corrected chi connectivity index (χ0v) is 12.1. The van der Waals surface area contributed by atoms with Gasteiger partial charge in [0.15, 0.2) is 5.54 Å². The lowest BCUT2D eigenvalue weighted by molar-refractivity contribution is -0.152. The summed E-state index contributed by atoms with van der Waals surface area (Å²) < 4.78 is 10.6. The minimum absolute atomic E-state index is 0.248. The molecule has 0 fully saturated rings. The number of ether oxygens (including phenoxy) is 2. The number of hydrogen-bond acceptors (Lipinski definition) is 4. The number of rotatable bonds is 7. The van der Waals surface area contributed by atoms with Gasteiger partial charge in [-0.2, -0.15) is 0 Å². The van der Waals surface area contributed by atoms with E-state index in [9.17, 15) is 4.79 Å². The monoisotopic (exact) mass is 265 g/mol. The highest BCUT2D eigenvalue weighted by molar-refractivity contribution is 5.82. The van der Waals surface area contributed by atoms with Crippen LogP contribution in [0.25, 0.3) is 0 Å². The molecule has 0 heterocycles. The van der Waals surface area contributed by atoms with E-state index in [1.54, 1.807) is 7.05 Å². The van der Waals surface area contributed by atoms with Crippen LogP contribution < -0.4 is 5.32 Å². The molecule has 1 rings (SSSR count). The third-order valence-corrected chi connectivity index (χ3v) is 3.00. The van der Waals surface area contributed by atoms with Crippen LogP contribution in [0, 0.1) is 5.92 Å². The maximum atomic E-state index is 12.2. The molecule has 19 heavy (non-hydrogen) atoms. The van der Waals surface area contributed by atoms with Gasteiger partial charge in [0.25, 0.3) is 0 Å². The molecule has 1 aromatic rings. The van der Waals surface area contributed by atoms with Crippen molar-refractivity contribution in [2.24, 2.45) is 5.92 Å². The third kappa shape index (κ3) is 3.78. The van der Waals surface area contributed by atoms with Gasteiger partial charge in [-0.15, -0.1) is 0 Å². The van der Waals surface area contributed by atoms with Gasteiger partial charge in [-0.1, -0.05) is 44.2 Å². The number of esters is 1. The summed E-state index contributed by atoms with van der Waals surface area (Å²) in [6, 6.07) is 9.49. The van der Waals surface area contributed by atoms with Crippen LogP contribution in [0.2, 0.25) is 0 Å². The fourth-order valence-corrected chi connectivity index (χ4v) is 1.92. The van der Waals surface area contributed by atoms with Gasteiger partial charge in [0.1, 0.15) is 0 Å². The first-order chi connectivity index (χ1) is 9.06. The molecule has 0 aromatic heterocycles. The second-order valence-electron chi connectivity index (χ2n) is 4.92. The smallest absolute Gasteiger partial charge is 0.333 e. The molecule has 0 saturated carbocycles. The summed E-state index contributed by atoms with van der Waals surface area (Å²) in [5, 5.41) is 3.06. The predicted octanol–water partition coefficient (Wildman–Crippen LogP) is 1.95. The van der Waals surface area contributed by atoms with Crippen LogP contribution in [0.5, 0.6) is 0 Å². The Hall–Kier alpha value is -1.39. The minimum Gasteiger partial charge on any atom is -0.467 e. The average Bonchev–Trinajstić information content (AvgIpc) is 2.43. The van der Waals surface area contributed by atoms with Crippen molar-refractivity contribution < 1.29 is 14.3 Å². The fraction of sp³-hybridized carbons (Fsp3) is 0.533. The topological polar surface area (TPSA) is 47.6 Å². The van der Waals surface area contributed by atoms with Gasteiger partial charge in [0, 0.05) is 6.61 Å². The summed E-state index contributed by atoms with van der Waals surface area (Å²) in [7, 11) is 3.13. The largest absolute Gasteiger partial charge is 0.467 e. The molecule has 4 heteroatoms. The third-order valence-electron chi connectivity index (χ3n) is 3.00. The predicted molar refractivity (Wildman–Crippen MR) is 74.9 cm³/mol. The fourth-order valence-electron chi connectivity index (χ4n) is 1.92. The van der Waals surface area contributed by atoms with Gasteiger partial charge in [0.05, 0.1) is 13.7 Å². The van der Waals surface area contributed by atoms with Crippen molar-refractivity contribution in [1.29, 1.82) is 0 Å². The Labute approximate surface area is 115 Å². The van der Waals surface area contributed by atoms with Crippen LogP contribution in [0.15, 0.2) is 30.3 Å². The second kappa shape index (κ2) is 7.26. The van der Waals surface area contributed by atoms with Crippen LogP contribution in [0.3, 0.4) is 0 Å². The number of benzene rings is 1. The Balaban J connectivity index is 2.98. The number of likely N-dealkylation sites (N-methyl/N-ethyl adjacent to an activating group) is 1. The zero-order chi connectivity index (χ0) is 14.3. The molecule has 1 aromatic carbocycles. The van der Waals surface area contributed by atoms with Crippen LogP contribution >= 0.6 is 0 Å². The first-order valence-corrected chi connectivity index (χ1v) is 6.47. The van der Waals surface area contributed by atoms with E-state index in [0.29, 0.717) is 12.5 Å². The quantitative estimate of drug-likeness (QED) is 0.765. The van der Waals surface area contributed by atoms with Crippen molar-refractivity contribution in [3.63, 3.8) is 0 Å². The summed E-state index contributed by atoms with van der Waals surface area (Å²) in [4.78, 5) is 12.2. The molecule has 4 nitrogen and oxygen atoms in total. The van der Waals surface area contributed by atoms with Gasteiger partial charge >= 0.3 is 5.97 Å². The Morgan fingerprint density at radius 2 is 1.95 bits per heavy atom. The highest BCUT2D eigenvalue weighted by atomic mass is 16.5. The van der Waals surface area contributed by atoms with E-state index in [4.69, 9.17) is 9.47 Å². The summed E-state index contributed by atoms with van der Waals surface area (Å²) in [6.07, 6.45) is 0. The van der Waals surface area contributed by atoms with Crippen molar-refractivity contribution in [3.8, 4) is 0 Å². The SMILES string of the molecule is CNC(COCC(C)C)(C(=O)OC)c1ccccc1. The first-order valence-electron chi connectivity index (χ1n) is 6.47. The maximum absolute atomic E-state index is 12.2. The van der Waals surface area contributed by atoms with E-state index < -0.39 is 5.54 Å². The van der Waals surface area contributed by atoms with E-state index in [1.807, 2.05) is 30.3 Å². The first kappa shape index (κ1) is 15.7. The van der Waals surface area contributed by atoms with Crippen molar-refractivity contribution in [2.75, 3.05) is 27.4 Å². The van der Waals surface area contributed by atoms with E-state index in [0.717, 1.165) is 5.56 Å². The summed E-state index contributed by atoms with van der Waals surface area (Å²) >= 11 is 0. The van der Waals surface area contributed by atoms with Gasteiger partial charge in [-0.3, -0.25) is 5.32 Å². The molecule has 0 amide bonds. The van der Waals surface area contributed by atoms with Crippen LogP contribution in [-0.4, -0.2) is 33.3 Å². The van der Waals surface area contributed by atoms with E-state index >= 15 is 0 Å². The molecule has 106 valence electrons. The number of nitrogens with one attached hydrogen (secondary N) is 1. The van der Waals surface area contributed by atoms with E-state index in [1.165, 1.54) is 7.11 Å². The lowest BCUT2D eigenvalue weighted by atomic mass is 9.91. The molecular formula is C15H23NO3. The van der Waals surface area contributed by atoms with Crippen LogP contribution in [-0.2, 0) is 19.8 Å². The Bertz CT molecular complexity index is 392. The normalized spacial score (nSPS) is 14.2. The van der Waals surface area contributed by atoms with Crippen molar-refractivity contribution in [3.05, 3.63) is 35.9 Å². The van der Waals surface area contributed by atoms with Crippen molar-refractivity contribution in [2.45, 2.75) is 19.4 Å². The molecule has 0 bridgehead atoms. The standard InChI is InChI=1S/C15H23NO3/c1-12(2)10-19-11-15(16-3,14(17)18-4)13-8-6-5-7-9-13/h5-9,12,16H,10-11H2,1-4H3. The van der Waals surface area contributed by atoms with Gasteiger partial charge in [-0.05, 0) is 18.5 Å². The molecule has 1 atom stereocenters. The van der Waals surface area contributed by atoms with Gasteiger partial charge in [-0.25, -0.2) is 4.79 Å².